The number of rotatable bonds is 8. The molecule has 0 unspecified atom stereocenters. The third-order valence-corrected chi connectivity index (χ3v) is 5.55. The van der Waals surface area contributed by atoms with Crippen molar-refractivity contribution in [1.29, 1.82) is 0 Å². The molecule has 2 aromatic rings. The van der Waals surface area contributed by atoms with Gasteiger partial charge in [-0.05, 0) is 57.4 Å². The van der Waals surface area contributed by atoms with Crippen LogP contribution in [0.15, 0.2) is 36.7 Å². The second-order valence-corrected chi connectivity index (χ2v) is 7.47. The van der Waals surface area contributed by atoms with Gasteiger partial charge in [0.1, 0.15) is 11.6 Å². The molecule has 1 saturated heterocycles. The molecule has 0 N–H and O–H groups in total. The van der Waals surface area contributed by atoms with Crippen LogP contribution in [0, 0.1) is 5.41 Å². The molecule has 152 valence electrons. The van der Waals surface area contributed by atoms with Crippen LogP contribution in [0.25, 0.3) is 0 Å². The van der Waals surface area contributed by atoms with E-state index >= 15 is 0 Å². The van der Waals surface area contributed by atoms with E-state index in [4.69, 9.17) is 9.47 Å². The number of piperidine rings is 1. The van der Waals surface area contributed by atoms with Crippen molar-refractivity contribution in [2.75, 3.05) is 26.8 Å². The molecule has 1 aromatic carbocycles. The Hall–Kier alpha value is -2.34. The minimum atomic E-state index is -0.537. The molecule has 1 aliphatic heterocycles. The van der Waals surface area contributed by atoms with Crippen LogP contribution in [-0.2, 0) is 29.0 Å². The number of likely N-dealkylation sites (tertiary alicyclic amines) is 1. The number of nitrogens with zero attached hydrogens (tertiary/aromatic N) is 3. The maximum atomic E-state index is 13.0. The number of aryl methyl sites for hydroxylation is 1. The molecule has 0 radical (unpaired) electrons. The first-order chi connectivity index (χ1) is 13.6. The molecule has 1 fully saturated rings. The number of methoxy groups -OCH3 is 1. The summed E-state index contributed by atoms with van der Waals surface area (Å²) >= 11 is 0. The highest BCUT2D eigenvalue weighted by molar-refractivity contribution is 5.78. The SMILES string of the molecule is CCOC(=O)[C@]1(Cc2cccc(OC)c2)CCCN(Cc2nccn2CC)C1. The zero-order valence-electron chi connectivity index (χ0n) is 17.2. The first-order valence-corrected chi connectivity index (χ1v) is 10.1. The lowest BCUT2D eigenvalue weighted by atomic mass is 9.75. The maximum Gasteiger partial charge on any atom is 0.313 e. The van der Waals surface area contributed by atoms with Crippen molar-refractivity contribution in [1.82, 2.24) is 14.5 Å². The average molecular weight is 386 g/mol. The number of ether oxygens (including phenoxy) is 2. The molecule has 0 aliphatic carbocycles. The molecule has 6 nitrogen and oxygen atoms in total. The predicted molar refractivity (Wildman–Crippen MR) is 108 cm³/mol. The summed E-state index contributed by atoms with van der Waals surface area (Å²) in [4.78, 5) is 19.9. The summed E-state index contributed by atoms with van der Waals surface area (Å²) in [6.07, 6.45) is 6.31. The van der Waals surface area contributed by atoms with Gasteiger partial charge in [0.15, 0.2) is 0 Å². The van der Waals surface area contributed by atoms with Gasteiger partial charge in [0.05, 0.1) is 25.7 Å². The van der Waals surface area contributed by atoms with Crippen LogP contribution in [0.2, 0.25) is 0 Å². The molecular weight excluding hydrogens is 354 g/mol. The third-order valence-electron chi connectivity index (χ3n) is 5.55. The van der Waals surface area contributed by atoms with Gasteiger partial charge in [0.25, 0.3) is 0 Å². The summed E-state index contributed by atoms with van der Waals surface area (Å²) < 4.78 is 13.0. The highest BCUT2D eigenvalue weighted by Gasteiger charge is 2.43. The summed E-state index contributed by atoms with van der Waals surface area (Å²) in [5.74, 6) is 1.76. The monoisotopic (exact) mass is 385 g/mol. The Balaban J connectivity index is 1.82. The summed E-state index contributed by atoms with van der Waals surface area (Å²) in [6, 6.07) is 7.99. The second-order valence-electron chi connectivity index (χ2n) is 7.47. The second kappa shape index (κ2) is 9.24. The lowest BCUT2D eigenvalue weighted by Crippen LogP contribution is -2.49. The van der Waals surface area contributed by atoms with Crippen LogP contribution in [0.3, 0.4) is 0 Å². The zero-order chi connectivity index (χ0) is 20.0. The van der Waals surface area contributed by atoms with E-state index in [2.05, 4.69) is 27.4 Å². The Labute approximate surface area is 167 Å². The Morgan fingerprint density at radius 1 is 1.32 bits per heavy atom. The number of esters is 1. The van der Waals surface area contributed by atoms with Gasteiger partial charge < -0.3 is 14.0 Å². The van der Waals surface area contributed by atoms with E-state index in [1.165, 1.54) is 0 Å². The van der Waals surface area contributed by atoms with Crippen molar-refractivity contribution >= 4 is 5.97 Å². The van der Waals surface area contributed by atoms with Crippen molar-refractivity contribution in [3.63, 3.8) is 0 Å². The van der Waals surface area contributed by atoms with Crippen LogP contribution in [0.5, 0.6) is 5.75 Å². The van der Waals surface area contributed by atoms with Crippen LogP contribution in [-0.4, -0.2) is 47.2 Å². The lowest BCUT2D eigenvalue weighted by molar-refractivity contribution is -0.159. The largest absolute Gasteiger partial charge is 0.497 e. The van der Waals surface area contributed by atoms with E-state index < -0.39 is 5.41 Å². The van der Waals surface area contributed by atoms with Gasteiger partial charge in [-0.1, -0.05) is 12.1 Å². The minimum Gasteiger partial charge on any atom is -0.497 e. The molecular formula is C22H31N3O3. The normalized spacial score (nSPS) is 20.1. The Bertz CT molecular complexity index is 789. The molecule has 0 spiro atoms. The van der Waals surface area contributed by atoms with Crippen molar-refractivity contribution in [3.8, 4) is 5.75 Å². The highest BCUT2D eigenvalue weighted by atomic mass is 16.5. The number of hydrogen-bond acceptors (Lipinski definition) is 5. The van der Waals surface area contributed by atoms with Gasteiger partial charge >= 0.3 is 5.97 Å². The van der Waals surface area contributed by atoms with E-state index in [1.807, 2.05) is 37.5 Å². The van der Waals surface area contributed by atoms with Crippen LogP contribution in [0.1, 0.15) is 38.1 Å². The van der Waals surface area contributed by atoms with Crippen molar-refractivity contribution < 1.29 is 14.3 Å². The molecule has 3 rings (SSSR count). The van der Waals surface area contributed by atoms with Crippen molar-refractivity contribution in [2.24, 2.45) is 5.41 Å². The number of aromatic nitrogens is 2. The van der Waals surface area contributed by atoms with Crippen molar-refractivity contribution in [3.05, 3.63) is 48.0 Å². The summed E-state index contributed by atoms with van der Waals surface area (Å²) in [6.45, 7) is 7.69. The smallest absolute Gasteiger partial charge is 0.313 e. The molecule has 0 amide bonds. The minimum absolute atomic E-state index is 0.0960. The molecule has 1 atom stereocenters. The van der Waals surface area contributed by atoms with Gasteiger partial charge in [-0.15, -0.1) is 0 Å². The maximum absolute atomic E-state index is 13.0. The summed E-state index contributed by atoms with van der Waals surface area (Å²) in [5.41, 5.74) is 0.564. The van der Waals surface area contributed by atoms with E-state index in [1.54, 1.807) is 7.11 Å². The fourth-order valence-corrected chi connectivity index (χ4v) is 4.18. The predicted octanol–water partition coefficient (Wildman–Crippen LogP) is 3.30. The number of imidazole rings is 1. The Morgan fingerprint density at radius 2 is 2.18 bits per heavy atom. The molecule has 6 heteroatoms. The average Bonchev–Trinajstić information content (AvgIpc) is 3.15. The number of benzene rings is 1. The van der Waals surface area contributed by atoms with Gasteiger partial charge in [0.2, 0.25) is 0 Å². The van der Waals surface area contributed by atoms with Gasteiger partial charge in [-0.2, -0.15) is 0 Å². The number of hydrogen-bond donors (Lipinski definition) is 0. The lowest BCUT2D eigenvalue weighted by Gasteiger charge is -2.41. The standard InChI is InChI=1S/C22H31N3O3/c1-4-25-13-11-23-20(25)16-24-12-7-10-22(17-24,21(26)28-5-2)15-18-8-6-9-19(14-18)27-3/h6,8-9,11,13-14H,4-5,7,10,12,15-17H2,1-3H3/t22-/m0/s1. The van der Waals surface area contributed by atoms with Gasteiger partial charge in [-0.25, -0.2) is 4.98 Å². The van der Waals surface area contributed by atoms with E-state index in [9.17, 15) is 4.79 Å². The van der Waals surface area contributed by atoms with E-state index in [0.29, 0.717) is 19.6 Å². The van der Waals surface area contributed by atoms with Crippen molar-refractivity contribution in [2.45, 2.75) is 46.2 Å². The van der Waals surface area contributed by atoms with Crippen LogP contribution < -0.4 is 4.74 Å². The van der Waals surface area contributed by atoms with Gasteiger partial charge in [0, 0.05) is 25.5 Å². The van der Waals surface area contributed by atoms with E-state index in [-0.39, 0.29) is 5.97 Å². The molecule has 0 saturated carbocycles. The zero-order valence-corrected chi connectivity index (χ0v) is 17.2. The topological polar surface area (TPSA) is 56.6 Å². The quantitative estimate of drug-likeness (QED) is 0.653. The summed E-state index contributed by atoms with van der Waals surface area (Å²) in [7, 11) is 1.67. The van der Waals surface area contributed by atoms with Crippen LogP contribution >= 0.6 is 0 Å². The first-order valence-electron chi connectivity index (χ1n) is 10.1. The Kier molecular flexibility index (Phi) is 6.73. The molecule has 1 aliphatic rings. The van der Waals surface area contributed by atoms with Crippen LogP contribution in [0.4, 0.5) is 0 Å². The molecule has 0 bridgehead atoms. The molecule has 2 heterocycles. The third kappa shape index (κ3) is 4.55. The van der Waals surface area contributed by atoms with E-state index in [0.717, 1.165) is 49.6 Å². The highest BCUT2D eigenvalue weighted by Crippen LogP contribution is 2.36. The number of carbonyl (C=O) groups is 1. The number of carbonyl (C=O) groups excluding carboxylic acids is 1. The fourth-order valence-electron chi connectivity index (χ4n) is 4.18. The molecule has 1 aromatic heterocycles. The van der Waals surface area contributed by atoms with Gasteiger partial charge in [-0.3, -0.25) is 9.69 Å². The Morgan fingerprint density at radius 3 is 2.93 bits per heavy atom. The summed E-state index contributed by atoms with van der Waals surface area (Å²) in [5, 5.41) is 0. The molecule has 28 heavy (non-hydrogen) atoms. The first kappa shape index (κ1) is 20.4. The fraction of sp³-hybridized carbons (Fsp3) is 0.545.